The van der Waals surface area contributed by atoms with Crippen molar-refractivity contribution >= 4 is 23.3 Å². The maximum Gasteiger partial charge on any atom is 0.303 e. The van der Waals surface area contributed by atoms with E-state index in [4.69, 9.17) is 9.84 Å². The number of carbonyl (C=O) groups excluding carboxylic acids is 2. The van der Waals surface area contributed by atoms with Crippen molar-refractivity contribution in [3.8, 4) is 5.88 Å². The molecule has 37 heavy (non-hydrogen) atoms. The number of ether oxygens (including phenoxy) is 1. The lowest BCUT2D eigenvalue weighted by Gasteiger charge is -2.34. The van der Waals surface area contributed by atoms with Crippen molar-refractivity contribution in [1.29, 1.82) is 0 Å². The number of benzene rings is 1. The molecule has 1 aliphatic heterocycles. The normalized spacial score (nSPS) is 23.4. The number of Topliss-reactive ketones (excluding diaryl/α,β-unsaturated/α-hetero) is 1. The molecule has 1 fully saturated rings. The van der Waals surface area contributed by atoms with Crippen LogP contribution < -0.4 is 15.4 Å². The topological polar surface area (TPSA) is 118 Å². The molecular formula is C28H32FN3O5. The molecule has 2 aliphatic carbocycles. The van der Waals surface area contributed by atoms with Gasteiger partial charge in [-0.2, -0.15) is 0 Å². The Kier molecular flexibility index (Phi) is 6.52. The molecule has 1 saturated carbocycles. The summed E-state index contributed by atoms with van der Waals surface area (Å²) in [5.41, 5.74) is 3.37. The Balaban J connectivity index is 1.38. The number of carbonyl (C=O) groups is 3. The van der Waals surface area contributed by atoms with Crippen molar-refractivity contribution < 1.29 is 28.6 Å². The van der Waals surface area contributed by atoms with Crippen molar-refractivity contribution in [2.24, 2.45) is 11.8 Å². The van der Waals surface area contributed by atoms with Crippen molar-refractivity contribution in [3.05, 3.63) is 52.0 Å². The number of hydrogen-bond donors (Lipinski definition) is 3. The van der Waals surface area contributed by atoms with Crippen LogP contribution in [0.25, 0.3) is 0 Å². The number of aryl methyl sites for hydroxylation is 1. The summed E-state index contributed by atoms with van der Waals surface area (Å²) in [5.74, 6) is -1.77. The molecule has 9 heteroatoms. The van der Waals surface area contributed by atoms with Crippen molar-refractivity contribution in [2.45, 2.75) is 63.8 Å². The number of aromatic nitrogens is 1. The highest BCUT2D eigenvalue weighted by Crippen LogP contribution is 2.42. The quantitative estimate of drug-likeness (QED) is 0.484. The number of hydrogen-bond acceptors (Lipinski definition) is 6. The first kappa shape index (κ1) is 25.3. The van der Waals surface area contributed by atoms with Gasteiger partial charge in [-0.3, -0.25) is 14.4 Å². The number of ketones is 1. The average molecular weight is 510 g/mol. The third kappa shape index (κ3) is 4.72. The second kappa shape index (κ2) is 9.52. The Morgan fingerprint density at radius 1 is 1.22 bits per heavy atom. The summed E-state index contributed by atoms with van der Waals surface area (Å²) in [7, 11) is 1.45. The van der Waals surface area contributed by atoms with Gasteiger partial charge in [0.2, 0.25) is 11.8 Å². The minimum atomic E-state index is -0.865. The second-order valence-electron chi connectivity index (χ2n) is 11.1. The Labute approximate surface area is 215 Å². The van der Waals surface area contributed by atoms with Crippen LogP contribution >= 0.6 is 0 Å². The number of fused-ring (bicyclic) bond motifs is 2. The smallest absolute Gasteiger partial charge is 0.303 e. The zero-order valence-electron chi connectivity index (χ0n) is 21.3. The molecular weight excluding hydrogens is 477 g/mol. The van der Waals surface area contributed by atoms with Gasteiger partial charge in [-0.05, 0) is 66.3 Å². The third-order valence-electron chi connectivity index (χ3n) is 8.05. The van der Waals surface area contributed by atoms with Gasteiger partial charge in [0.25, 0.3) is 0 Å². The third-order valence-corrected chi connectivity index (χ3v) is 8.05. The van der Waals surface area contributed by atoms with E-state index in [1.165, 1.54) is 13.2 Å². The molecule has 0 saturated heterocycles. The van der Waals surface area contributed by atoms with Crippen LogP contribution in [0, 0.1) is 17.7 Å². The summed E-state index contributed by atoms with van der Waals surface area (Å²) in [5, 5.41) is 15.1. The van der Waals surface area contributed by atoms with Crippen LogP contribution in [0.1, 0.15) is 78.3 Å². The SMILES string of the molecule is COc1nc2c(cc1C(=O)C1CC(CC(=O)O)C1)[C@H](C(=O)Nc1cc(F)c3c(c1)CCC3(C)C)NCC2. The lowest BCUT2D eigenvalue weighted by Crippen LogP contribution is -2.39. The van der Waals surface area contributed by atoms with Crippen LogP contribution in [0.3, 0.4) is 0 Å². The molecule has 0 spiro atoms. The number of nitrogens with zero attached hydrogens (tertiary/aromatic N) is 1. The number of methoxy groups -OCH3 is 1. The highest BCUT2D eigenvalue weighted by Gasteiger charge is 2.39. The number of anilines is 1. The van der Waals surface area contributed by atoms with Gasteiger partial charge >= 0.3 is 5.97 Å². The van der Waals surface area contributed by atoms with E-state index in [9.17, 15) is 18.8 Å². The molecule has 1 aromatic carbocycles. The number of carboxylic acids is 1. The number of halogens is 1. The number of aliphatic carboxylic acids is 1. The van der Waals surface area contributed by atoms with E-state index in [2.05, 4.69) is 15.6 Å². The van der Waals surface area contributed by atoms with Gasteiger partial charge in [0.1, 0.15) is 11.9 Å². The maximum absolute atomic E-state index is 15.0. The molecule has 3 N–H and O–H groups in total. The predicted molar refractivity (Wildman–Crippen MR) is 134 cm³/mol. The van der Waals surface area contributed by atoms with Crippen molar-refractivity contribution in [3.63, 3.8) is 0 Å². The van der Waals surface area contributed by atoms with Crippen molar-refractivity contribution in [1.82, 2.24) is 10.3 Å². The highest BCUT2D eigenvalue weighted by molar-refractivity contribution is 6.01. The van der Waals surface area contributed by atoms with Gasteiger partial charge in [-0.25, -0.2) is 9.37 Å². The van der Waals surface area contributed by atoms with Crippen molar-refractivity contribution in [2.75, 3.05) is 19.0 Å². The first-order chi connectivity index (χ1) is 17.6. The Hall–Kier alpha value is -3.33. The van der Waals surface area contributed by atoms with Crippen LogP contribution in [-0.2, 0) is 27.8 Å². The minimum Gasteiger partial charge on any atom is -0.481 e. The molecule has 5 rings (SSSR count). The van der Waals surface area contributed by atoms with E-state index in [1.54, 1.807) is 6.07 Å². The van der Waals surface area contributed by atoms with Crippen LogP contribution in [0.4, 0.5) is 10.1 Å². The molecule has 1 aromatic heterocycles. The van der Waals surface area contributed by atoms with E-state index in [1.807, 2.05) is 19.9 Å². The summed E-state index contributed by atoms with van der Waals surface area (Å²) in [6.07, 6.45) is 3.25. The number of nitrogens with one attached hydrogen (secondary N) is 2. The highest BCUT2D eigenvalue weighted by atomic mass is 19.1. The lowest BCUT2D eigenvalue weighted by atomic mass is 9.70. The van der Waals surface area contributed by atoms with Gasteiger partial charge in [0.15, 0.2) is 5.78 Å². The standard InChI is InChI=1S/C28H32FN3O5/c1-28(2)6-4-15-11-17(12-20(29)23(15)28)31-26(36)24-18-13-19(27(37-3)32-21(18)5-7-30-24)25(35)16-8-14(9-16)10-22(33)34/h11-14,16,24,30H,4-10H2,1-3H3,(H,31,36)(H,33,34)/t14?,16?,24-/m1/s1. The van der Waals surface area contributed by atoms with E-state index in [-0.39, 0.29) is 47.1 Å². The van der Waals surface area contributed by atoms with Gasteiger partial charge in [0.05, 0.1) is 18.4 Å². The summed E-state index contributed by atoms with van der Waals surface area (Å²) in [6, 6.07) is 4.14. The molecule has 0 unspecified atom stereocenters. The minimum absolute atomic E-state index is 0.0125. The van der Waals surface area contributed by atoms with E-state index in [0.717, 1.165) is 18.4 Å². The van der Waals surface area contributed by atoms with Crippen LogP contribution in [-0.4, -0.2) is 41.4 Å². The summed E-state index contributed by atoms with van der Waals surface area (Å²) < 4.78 is 20.4. The first-order valence-corrected chi connectivity index (χ1v) is 12.8. The second-order valence-corrected chi connectivity index (χ2v) is 11.1. The first-order valence-electron chi connectivity index (χ1n) is 12.8. The fourth-order valence-electron chi connectivity index (χ4n) is 6.07. The molecule has 1 amide bonds. The largest absolute Gasteiger partial charge is 0.481 e. The molecule has 2 aromatic rings. The number of rotatable bonds is 7. The number of pyridine rings is 1. The number of carboxylic acid groups (broad SMARTS) is 1. The van der Waals surface area contributed by atoms with Crippen LogP contribution in [0.5, 0.6) is 5.88 Å². The van der Waals surface area contributed by atoms with Gasteiger partial charge < -0.3 is 20.5 Å². The summed E-state index contributed by atoms with van der Waals surface area (Å²) in [6.45, 7) is 4.57. The molecule has 8 nitrogen and oxygen atoms in total. The lowest BCUT2D eigenvalue weighted by molar-refractivity contribution is -0.139. The zero-order chi connectivity index (χ0) is 26.5. The Morgan fingerprint density at radius 2 is 1.97 bits per heavy atom. The molecule has 196 valence electrons. The predicted octanol–water partition coefficient (Wildman–Crippen LogP) is 3.96. The van der Waals surface area contributed by atoms with Crippen LogP contribution in [0.2, 0.25) is 0 Å². The maximum atomic E-state index is 15.0. The van der Waals surface area contributed by atoms with Gasteiger partial charge in [-0.1, -0.05) is 13.8 Å². The zero-order valence-corrected chi connectivity index (χ0v) is 21.3. The molecule has 0 bridgehead atoms. The van der Waals surface area contributed by atoms with Gasteiger partial charge in [-0.15, -0.1) is 0 Å². The van der Waals surface area contributed by atoms with Crippen LogP contribution in [0.15, 0.2) is 18.2 Å². The monoisotopic (exact) mass is 509 g/mol. The molecule has 1 atom stereocenters. The average Bonchev–Trinajstić information content (AvgIpc) is 3.13. The fraction of sp³-hybridized carbons (Fsp3) is 0.500. The van der Waals surface area contributed by atoms with Gasteiger partial charge in [0, 0.05) is 36.6 Å². The van der Waals surface area contributed by atoms with E-state index in [0.29, 0.717) is 53.9 Å². The Bertz CT molecular complexity index is 1290. The number of amides is 1. The molecule has 2 heterocycles. The summed E-state index contributed by atoms with van der Waals surface area (Å²) in [4.78, 5) is 42.1. The fourth-order valence-corrected chi connectivity index (χ4v) is 6.07. The van der Waals surface area contributed by atoms with E-state index < -0.39 is 12.0 Å². The molecule has 0 radical (unpaired) electrons. The summed E-state index contributed by atoms with van der Waals surface area (Å²) >= 11 is 0. The Morgan fingerprint density at radius 3 is 2.68 bits per heavy atom. The van der Waals surface area contributed by atoms with E-state index >= 15 is 0 Å². The molecule has 3 aliphatic rings.